The number of para-hydroxylation sites is 2. The van der Waals surface area contributed by atoms with E-state index in [-0.39, 0.29) is 0 Å². The van der Waals surface area contributed by atoms with Gasteiger partial charge in [0.1, 0.15) is 5.52 Å². The van der Waals surface area contributed by atoms with Crippen molar-refractivity contribution in [2.24, 2.45) is 5.92 Å². The van der Waals surface area contributed by atoms with Crippen LogP contribution in [-0.4, -0.2) is 9.81 Å². The Balaban J connectivity index is 1.64. The van der Waals surface area contributed by atoms with Crippen LogP contribution in [0.15, 0.2) is 28.7 Å². The molecule has 3 heteroatoms. The van der Waals surface area contributed by atoms with Gasteiger partial charge in [0.25, 0.3) is 0 Å². The lowest BCUT2D eigenvalue weighted by atomic mass is 10.0. The van der Waals surface area contributed by atoms with E-state index >= 15 is 0 Å². The molecule has 96 valence electrons. The first kappa shape index (κ1) is 12.2. The third-order valence-electron chi connectivity index (χ3n) is 3.80. The van der Waals surface area contributed by atoms with Crippen molar-refractivity contribution in [1.29, 1.82) is 0 Å². The largest absolute Gasteiger partial charge is 0.441 e. The fourth-order valence-electron chi connectivity index (χ4n) is 2.89. The van der Waals surface area contributed by atoms with E-state index in [0.717, 1.165) is 29.3 Å². The van der Waals surface area contributed by atoms with Gasteiger partial charge in [0.2, 0.25) is 0 Å². The number of aromatic nitrogens is 1. The molecule has 1 aliphatic rings. The van der Waals surface area contributed by atoms with E-state index in [0.29, 0.717) is 4.83 Å². The van der Waals surface area contributed by atoms with Crippen LogP contribution in [0.4, 0.5) is 0 Å². The van der Waals surface area contributed by atoms with Crippen molar-refractivity contribution < 1.29 is 4.42 Å². The summed E-state index contributed by atoms with van der Waals surface area (Å²) < 4.78 is 5.76. The second-order valence-electron chi connectivity index (χ2n) is 5.26. The fourth-order valence-corrected chi connectivity index (χ4v) is 3.69. The zero-order valence-electron chi connectivity index (χ0n) is 10.4. The number of fused-ring (bicyclic) bond motifs is 1. The maximum atomic E-state index is 5.76. The van der Waals surface area contributed by atoms with Gasteiger partial charge in [0.15, 0.2) is 11.5 Å². The van der Waals surface area contributed by atoms with Crippen LogP contribution >= 0.6 is 15.9 Å². The highest BCUT2D eigenvalue weighted by molar-refractivity contribution is 9.09. The van der Waals surface area contributed by atoms with Crippen molar-refractivity contribution in [1.82, 2.24) is 4.98 Å². The van der Waals surface area contributed by atoms with E-state index in [1.54, 1.807) is 0 Å². The minimum atomic E-state index is 0.494. The SMILES string of the molecule is BrC(Cc1nc2ccccc2o1)CC1CCCC1. The lowest BCUT2D eigenvalue weighted by Crippen LogP contribution is -2.08. The van der Waals surface area contributed by atoms with Crippen molar-refractivity contribution in [2.75, 3.05) is 0 Å². The molecular weight excluding hydrogens is 290 g/mol. The van der Waals surface area contributed by atoms with Gasteiger partial charge in [-0.2, -0.15) is 0 Å². The third-order valence-corrected chi connectivity index (χ3v) is 4.50. The summed E-state index contributed by atoms with van der Waals surface area (Å²) in [5.41, 5.74) is 1.86. The van der Waals surface area contributed by atoms with Gasteiger partial charge in [-0.1, -0.05) is 53.7 Å². The smallest absolute Gasteiger partial charge is 0.196 e. The van der Waals surface area contributed by atoms with E-state index in [4.69, 9.17) is 4.42 Å². The van der Waals surface area contributed by atoms with Crippen molar-refractivity contribution in [2.45, 2.75) is 43.4 Å². The summed E-state index contributed by atoms with van der Waals surface area (Å²) >= 11 is 3.78. The quantitative estimate of drug-likeness (QED) is 0.764. The molecule has 1 aromatic heterocycles. The first-order valence-electron chi connectivity index (χ1n) is 6.80. The molecule has 0 bridgehead atoms. The summed E-state index contributed by atoms with van der Waals surface area (Å²) in [7, 11) is 0. The zero-order chi connectivity index (χ0) is 12.4. The van der Waals surface area contributed by atoms with Crippen molar-refractivity contribution in [3.8, 4) is 0 Å². The van der Waals surface area contributed by atoms with Crippen LogP contribution in [0.3, 0.4) is 0 Å². The molecule has 0 saturated heterocycles. The van der Waals surface area contributed by atoms with Crippen LogP contribution in [0.1, 0.15) is 38.0 Å². The molecule has 0 amide bonds. The molecule has 2 nitrogen and oxygen atoms in total. The predicted octanol–water partition coefficient (Wildman–Crippen LogP) is 4.71. The maximum absolute atomic E-state index is 5.76. The Kier molecular flexibility index (Phi) is 3.69. The predicted molar refractivity (Wildman–Crippen MR) is 77.0 cm³/mol. The van der Waals surface area contributed by atoms with E-state index in [9.17, 15) is 0 Å². The minimum absolute atomic E-state index is 0.494. The molecular formula is C15H18BrNO. The molecule has 2 aromatic rings. The average Bonchev–Trinajstić information content (AvgIpc) is 2.96. The fraction of sp³-hybridized carbons (Fsp3) is 0.533. The highest BCUT2D eigenvalue weighted by atomic mass is 79.9. The average molecular weight is 308 g/mol. The van der Waals surface area contributed by atoms with Crippen LogP contribution in [0.5, 0.6) is 0 Å². The molecule has 1 aliphatic carbocycles. The van der Waals surface area contributed by atoms with Gasteiger partial charge in [-0.15, -0.1) is 0 Å². The van der Waals surface area contributed by atoms with Gasteiger partial charge in [-0.25, -0.2) is 4.98 Å². The summed E-state index contributed by atoms with van der Waals surface area (Å²) in [6.07, 6.45) is 7.76. The first-order valence-corrected chi connectivity index (χ1v) is 7.71. The van der Waals surface area contributed by atoms with Crippen LogP contribution in [0.25, 0.3) is 11.1 Å². The Morgan fingerprint density at radius 2 is 2.06 bits per heavy atom. The topological polar surface area (TPSA) is 26.0 Å². The van der Waals surface area contributed by atoms with E-state index in [2.05, 4.69) is 20.9 Å². The van der Waals surface area contributed by atoms with Gasteiger partial charge in [-0.3, -0.25) is 0 Å². The summed E-state index contributed by atoms with van der Waals surface area (Å²) in [6, 6.07) is 7.97. The summed E-state index contributed by atoms with van der Waals surface area (Å²) in [6.45, 7) is 0. The number of oxazole rings is 1. The number of alkyl halides is 1. The minimum Gasteiger partial charge on any atom is -0.441 e. The van der Waals surface area contributed by atoms with Gasteiger partial charge < -0.3 is 4.42 Å². The van der Waals surface area contributed by atoms with E-state index < -0.39 is 0 Å². The van der Waals surface area contributed by atoms with Gasteiger partial charge >= 0.3 is 0 Å². The lowest BCUT2D eigenvalue weighted by molar-refractivity contribution is 0.465. The molecule has 18 heavy (non-hydrogen) atoms. The number of hydrogen-bond donors (Lipinski definition) is 0. The molecule has 0 N–H and O–H groups in total. The molecule has 3 rings (SSSR count). The lowest BCUT2D eigenvalue weighted by Gasteiger charge is -2.12. The van der Waals surface area contributed by atoms with Crippen molar-refractivity contribution >= 4 is 27.0 Å². The Labute approximate surface area is 116 Å². The van der Waals surface area contributed by atoms with Gasteiger partial charge in [0.05, 0.1) is 0 Å². The van der Waals surface area contributed by atoms with Gasteiger partial charge in [0, 0.05) is 11.2 Å². The van der Waals surface area contributed by atoms with Crippen LogP contribution in [-0.2, 0) is 6.42 Å². The molecule has 0 aliphatic heterocycles. The Morgan fingerprint density at radius 3 is 2.83 bits per heavy atom. The molecule has 1 unspecified atom stereocenters. The van der Waals surface area contributed by atoms with Crippen LogP contribution in [0, 0.1) is 5.92 Å². The molecule has 1 fully saturated rings. The first-order chi connectivity index (χ1) is 8.81. The Morgan fingerprint density at radius 1 is 1.28 bits per heavy atom. The molecule has 1 aromatic carbocycles. The normalized spacial score (nSPS) is 18.5. The third kappa shape index (κ3) is 2.77. The Bertz CT molecular complexity index is 483. The standard InChI is InChI=1S/C15H18BrNO/c16-12(9-11-5-1-2-6-11)10-15-17-13-7-3-4-8-14(13)18-15/h3-4,7-8,11-12H,1-2,5-6,9-10H2. The highest BCUT2D eigenvalue weighted by Crippen LogP contribution is 2.31. The number of nitrogens with zero attached hydrogens (tertiary/aromatic N) is 1. The monoisotopic (exact) mass is 307 g/mol. The molecule has 1 heterocycles. The molecule has 0 radical (unpaired) electrons. The number of rotatable bonds is 4. The second kappa shape index (κ2) is 5.43. The highest BCUT2D eigenvalue weighted by Gasteiger charge is 2.20. The summed E-state index contributed by atoms with van der Waals surface area (Å²) in [5, 5.41) is 0. The summed E-state index contributed by atoms with van der Waals surface area (Å²) in [4.78, 5) is 5.02. The summed E-state index contributed by atoms with van der Waals surface area (Å²) in [5.74, 6) is 1.76. The van der Waals surface area contributed by atoms with E-state index in [1.807, 2.05) is 24.3 Å². The second-order valence-corrected chi connectivity index (χ2v) is 6.56. The number of halogens is 1. The molecule has 1 atom stereocenters. The Hall–Kier alpha value is -0.830. The molecule has 1 saturated carbocycles. The van der Waals surface area contributed by atoms with Gasteiger partial charge in [-0.05, 0) is 24.5 Å². The van der Waals surface area contributed by atoms with Crippen molar-refractivity contribution in [3.05, 3.63) is 30.2 Å². The zero-order valence-corrected chi connectivity index (χ0v) is 12.0. The number of hydrogen-bond acceptors (Lipinski definition) is 2. The van der Waals surface area contributed by atoms with E-state index in [1.165, 1.54) is 32.1 Å². The maximum Gasteiger partial charge on any atom is 0.196 e. The van der Waals surface area contributed by atoms with Crippen LogP contribution in [0.2, 0.25) is 0 Å². The molecule has 0 spiro atoms. The van der Waals surface area contributed by atoms with Crippen LogP contribution < -0.4 is 0 Å². The number of benzene rings is 1. The van der Waals surface area contributed by atoms with Crippen molar-refractivity contribution in [3.63, 3.8) is 0 Å².